The van der Waals surface area contributed by atoms with E-state index in [0.29, 0.717) is 11.8 Å². The topological polar surface area (TPSA) is 40.5 Å². The van der Waals surface area contributed by atoms with Gasteiger partial charge in [0.2, 0.25) is 0 Å². The molecular weight excluding hydrogens is 234 g/mol. The Morgan fingerprint density at radius 2 is 2.41 bits per heavy atom. The maximum Gasteiger partial charge on any atom is 0.321 e. The van der Waals surface area contributed by atoms with E-state index in [1.165, 1.54) is 17.7 Å². The lowest BCUT2D eigenvalue weighted by molar-refractivity contribution is -0.143. The van der Waals surface area contributed by atoms with Gasteiger partial charge in [0.05, 0.1) is 0 Å². The molecule has 1 aliphatic carbocycles. The molecule has 0 aromatic carbocycles. The number of aliphatic carboxylic acids is 1. The van der Waals surface area contributed by atoms with Gasteiger partial charge in [-0.1, -0.05) is 12.5 Å². The van der Waals surface area contributed by atoms with Crippen LogP contribution in [0.3, 0.4) is 0 Å². The number of carbonyl (C=O) groups is 1. The Morgan fingerprint density at radius 1 is 1.53 bits per heavy atom. The molecule has 4 heteroatoms. The Morgan fingerprint density at radius 3 is 3.12 bits per heavy atom. The van der Waals surface area contributed by atoms with Crippen molar-refractivity contribution < 1.29 is 9.90 Å². The van der Waals surface area contributed by atoms with Gasteiger partial charge in [-0.25, -0.2) is 0 Å². The largest absolute Gasteiger partial charge is 0.480 e. The molecule has 0 spiro atoms. The third kappa shape index (κ3) is 2.00. The molecule has 3 rings (SSSR count). The zero-order valence-electron chi connectivity index (χ0n) is 9.71. The zero-order valence-corrected chi connectivity index (χ0v) is 10.5. The summed E-state index contributed by atoms with van der Waals surface area (Å²) in [5.74, 6) is 0.388. The highest BCUT2D eigenvalue weighted by Gasteiger charge is 2.47. The zero-order chi connectivity index (χ0) is 11.8. The summed E-state index contributed by atoms with van der Waals surface area (Å²) in [5.41, 5.74) is 0. The van der Waals surface area contributed by atoms with Crippen molar-refractivity contribution in [3.63, 3.8) is 0 Å². The van der Waals surface area contributed by atoms with E-state index in [0.717, 1.165) is 19.5 Å². The first-order valence-corrected chi connectivity index (χ1v) is 7.13. The quantitative estimate of drug-likeness (QED) is 0.897. The number of rotatable bonds is 3. The number of fused-ring (bicyclic) bond motifs is 1. The number of hydrogen-bond donors (Lipinski definition) is 1. The van der Waals surface area contributed by atoms with Gasteiger partial charge in [0.15, 0.2) is 0 Å². The van der Waals surface area contributed by atoms with E-state index in [-0.39, 0.29) is 6.04 Å². The molecule has 17 heavy (non-hydrogen) atoms. The van der Waals surface area contributed by atoms with Crippen LogP contribution in [-0.4, -0.2) is 28.6 Å². The van der Waals surface area contributed by atoms with Crippen LogP contribution in [0.5, 0.6) is 0 Å². The van der Waals surface area contributed by atoms with Gasteiger partial charge >= 0.3 is 5.97 Å². The molecule has 3 atom stereocenters. The van der Waals surface area contributed by atoms with Gasteiger partial charge in [-0.05, 0) is 36.1 Å². The van der Waals surface area contributed by atoms with Crippen molar-refractivity contribution in [3.05, 3.63) is 22.4 Å². The normalized spacial score (nSPS) is 32.8. The van der Waals surface area contributed by atoms with E-state index in [2.05, 4.69) is 16.3 Å². The van der Waals surface area contributed by atoms with Gasteiger partial charge in [-0.3, -0.25) is 9.69 Å². The molecule has 1 aromatic rings. The summed E-state index contributed by atoms with van der Waals surface area (Å²) in [6, 6.07) is 3.88. The lowest BCUT2D eigenvalue weighted by atomic mass is 9.94. The van der Waals surface area contributed by atoms with Gasteiger partial charge in [-0.2, -0.15) is 0 Å². The molecule has 1 saturated carbocycles. The minimum Gasteiger partial charge on any atom is -0.480 e. The third-order valence-electron chi connectivity index (χ3n) is 4.18. The predicted molar refractivity (Wildman–Crippen MR) is 67.0 cm³/mol. The molecule has 1 aromatic heterocycles. The summed E-state index contributed by atoms with van der Waals surface area (Å²) in [7, 11) is 0. The summed E-state index contributed by atoms with van der Waals surface area (Å²) in [4.78, 5) is 14.9. The van der Waals surface area contributed by atoms with Crippen LogP contribution in [-0.2, 0) is 11.3 Å². The van der Waals surface area contributed by atoms with Gasteiger partial charge < -0.3 is 5.11 Å². The number of nitrogens with zero attached hydrogens (tertiary/aromatic N) is 1. The number of hydrogen-bond acceptors (Lipinski definition) is 3. The molecule has 2 fully saturated rings. The molecule has 0 bridgehead atoms. The van der Waals surface area contributed by atoms with Crippen molar-refractivity contribution >= 4 is 17.3 Å². The predicted octanol–water partition coefficient (Wildman–Crippen LogP) is 2.43. The van der Waals surface area contributed by atoms with E-state index in [1.807, 2.05) is 6.07 Å². The molecule has 2 heterocycles. The Hall–Kier alpha value is -0.870. The molecular formula is C13H17NO2S. The second kappa shape index (κ2) is 4.42. The van der Waals surface area contributed by atoms with Crippen LogP contribution in [0, 0.1) is 11.8 Å². The smallest absolute Gasteiger partial charge is 0.321 e. The van der Waals surface area contributed by atoms with Crippen LogP contribution in [0.1, 0.15) is 24.1 Å². The fraction of sp³-hybridized carbons (Fsp3) is 0.615. The van der Waals surface area contributed by atoms with Crippen molar-refractivity contribution in [3.8, 4) is 0 Å². The Labute approximate surface area is 105 Å². The van der Waals surface area contributed by atoms with E-state index >= 15 is 0 Å². The fourth-order valence-electron chi connectivity index (χ4n) is 3.50. The van der Waals surface area contributed by atoms with Crippen molar-refractivity contribution in [2.45, 2.75) is 31.8 Å². The second-order valence-electron chi connectivity index (χ2n) is 5.15. The summed E-state index contributed by atoms with van der Waals surface area (Å²) < 4.78 is 0. The van der Waals surface area contributed by atoms with Gasteiger partial charge in [0.25, 0.3) is 0 Å². The minimum absolute atomic E-state index is 0.246. The van der Waals surface area contributed by atoms with Crippen molar-refractivity contribution in [1.82, 2.24) is 4.90 Å². The fourth-order valence-corrected chi connectivity index (χ4v) is 4.23. The van der Waals surface area contributed by atoms with Crippen LogP contribution in [0.2, 0.25) is 0 Å². The average molecular weight is 251 g/mol. The number of carboxylic acids is 1. The molecule has 2 aliphatic rings. The first-order valence-electron chi connectivity index (χ1n) is 6.25. The van der Waals surface area contributed by atoms with Gasteiger partial charge in [0.1, 0.15) is 6.04 Å². The number of thiophene rings is 1. The standard InChI is InChI=1S/C13H17NO2S/c15-13(16)12-11-5-1-3-9(11)7-14(12)8-10-4-2-6-17-10/h2,4,6,9,11-12H,1,3,5,7-8H2,(H,15,16). The SMILES string of the molecule is O=C(O)C1C2CCCC2CN1Cc1cccs1. The molecule has 1 aliphatic heterocycles. The minimum atomic E-state index is -0.629. The monoisotopic (exact) mass is 251 g/mol. The number of likely N-dealkylation sites (tertiary alicyclic amines) is 1. The van der Waals surface area contributed by atoms with E-state index < -0.39 is 5.97 Å². The van der Waals surface area contributed by atoms with E-state index in [1.54, 1.807) is 11.3 Å². The first-order chi connectivity index (χ1) is 8.25. The molecule has 0 amide bonds. The van der Waals surface area contributed by atoms with Crippen molar-refractivity contribution in [2.75, 3.05) is 6.54 Å². The highest BCUT2D eigenvalue weighted by atomic mass is 32.1. The van der Waals surface area contributed by atoms with Gasteiger partial charge in [-0.15, -0.1) is 11.3 Å². The molecule has 3 unspecified atom stereocenters. The van der Waals surface area contributed by atoms with Crippen LogP contribution >= 0.6 is 11.3 Å². The van der Waals surface area contributed by atoms with Crippen molar-refractivity contribution in [2.24, 2.45) is 11.8 Å². The summed E-state index contributed by atoms with van der Waals surface area (Å²) in [6.07, 6.45) is 3.53. The second-order valence-corrected chi connectivity index (χ2v) is 6.18. The lowest BCUT2D eigenvalue weighted by Crippen LogP contribution is -2.38. The Bertz CT molecular complexity index is 404. The summed E-state index contributed by atoms with van der Waals surface area (Å²) in [6.45, 7) is 1.78. The highest BCUT2D eigenvalue weighted by Crippen LogP contribution is 2.42. The maximum absolute atomic E-state index is 11.4. The van der Waals surface area contributed by atoms with Crippen LogP contribution in [0.15, 0.2) is 17.5 Å². The average Bonchev–Trinajstić information content (AvgIpc) is 2.92. The lowest BCUT2D eigenvalue weighted by Gasteiger charge is -2.23. The Balaban J connectivity index is 1.77. The van der Waals surface area contributed by atoms with Crippen LogP contribution in [0.4, 0.5) is 0 Å². The molecule has 3 nitrogen and oxygen atoms in total. The van der Waals surface area contributed by atoms with Crippen LogP contribution in [0.25, 0.3) is 0 Å². The van der Waals surface area contributed by atoms with Crippen LogP contribution < -0.4 is 0 Å². The first kappa shape index (κ1) is 11.2. The third-order valence-corrected chi connectivity index (χ3v) is 5.04. The summed E-state index contributed by atoms with van der Waals surface area (Å²) >= 11 is 1.72. The van der Waals surface area contributed by atoms with E-state index in [4.69, 9.17) is 0 Å². The Kier molecular flexibility index (Phi) is 2.92. The molecule has 1 N–H and O–H groups in total. The number of carboxylic acid groups (broad SMARTS) is 1. The summed E-state index contributed by atoms with van der Waals surface area (Å²) in [5, 5.41) is 11.5. The highest BCUT2D eigenvalue weighted by molar-refractivity contribution is 7.09. The maximum atomic E-state index is 11.4. The molecule has 0 radical (unpaired) electrons. The van der Waals surface area contributed by atoms with Gasteiger partial charge in [0, 0.05) is 18.0 Å². The molecule has 92 valence electrons. The van der Waals surface area contributed by atoms with Crippen molar-refractivity contribution in [1.29, 1.82) is 0 Å². The van der Waals surface area contributed by atoms with E-state index in [9.17, 15) is 9.90 Å². The molecule has 1 saturated heterocycles.